The highest BCUT2D eigenvalue weighted by molar-refractivity contribution is 6.01. The quantitative estimate of drug-likeness (QED) is 0.717. The Morgan fingerprint density at radius 1 is 1.27 bits per heavy atom. The van der Waals surface area contributed by atoms with Gasteiger partial charge in [0, 0.05) is 29.1 Å². The molecule has 0 aliphatic heterocycles. The summed E-state index contributed by atoms with van der Waals surface area (Å²) in [6.45, 7) is 9.35. The van der Waals surface area contributed by atoms with Gasteiger partial charge in [-0.15, -0.1) is 0 Å². The molecule has 1 N–H and O–H groups in total. The van der Waals surface area contributed by atoms with E-state index in [1.807, 2.05) is 26.0 Å². The van der Waals surface area contributed by atoms with Crippen LogP contribution in [0.3, 0.4) is 0 Å². The van der Waals surface area contributed by atoms with Crippen LogP contribution in [-0.4, -0.2) is 34.3 Å². The van der Waals surface area contributed by atoms with Crippen LogP contribution in [0.25, 0.3) is 0 Å². The zero-order valence-electron chi connectivity index (χ0n) is 18.5. The summed E-state index contributed by atoms with van der Waals surface area (Å²) in [5, 5.41) is 11.4. The number of allylic oxidation sites excluding steroid dienone is 6. The molecule has 4 rings (SSSR count). The van der Waals surface area contributed by atoms with Gasteiger partial charge < -0.3 is 9.84 Å². The van der Waals surface area contributed by atoms with Crippen molar-refractivity contribution in [2.24, 2.45) is 34.5 Å². The number of ketones is 2. The van der Waals surface area contributed by atoms with Crippen molar-refractivity contribution < 1.29 is 24.2 Å². The molecule has 0 radical (unpaired) electrons. The largest absolute Gasteiger partial charge is 0.450 e. The van der Waals surface area contributed by atoms with Crippen molar-refractivity contribution in [1.82, 2.24) is 0 Å². The average Bonchev–Trinajstić information content (AvgIpc) is 2.89. The summed E-state index contributed by atoms with van der Waals surface area (Å²) in [4.78, 5) is 37.3. The van der Waals surface area contributed by atoms with Gasteiger partial charge in [0.25, 0.3) is 0 Å². The lowest BCUT2D eigenvalue weighted by Gasteiger charge is -2.58. The summed E-state index contributed by atoms with van der Waals surface area (Å²) in [7, 11) is 0. The highest BCUT2D eigenvalue weighted by Gasteiger charge is 2.71. The van der Waals surface area contributed by atoms with E-state index >= 15 is 0 Å². The van der Waals surface area contributed by atoms with Crippen molar-refractivity contribution in [3.63, 3.8) is 0 Å². The van der Waals surface area contributed by atoms with E-state index in [0.717, 1.165) is 12.0 Å². The number of hydrogen-bond donors (Lipinski definition) is 1. The molecule has 4 aliphatic rings. The van der Waals surface area contributed by atoms with E-state index in [4.69, 9.17) is 4.74 Å². The molecule has 0 spiro atoms. The predicted octanol–water partition coefficient (Wildman–Crippen LogP) is 3.57. The van der Waals surface area contributed by atoms with Gasteiger partial charge in [0.1, 0.15) is 0 Å². The number of hydrogen-bond acceptors (Lipinski definition) is 5. The van der Waals surface area contributed by atoms with Gasteiger partial charge >= 0.3 is 5.97 Å². The zero-order chi connectivity index (χ0) is 22.1. The fourth-order valence-corrected chi connectivity index (χ4v) is 7.40. The summed E-state index contributed by atoms with van der Waals surface area (Å²) in [5.74, 6) is -0.640. The Hall–Kier alpha value is -2.01. The van der Waals surface area contributed by atoms with Crippen molar-refractivity contribution >= 4 is 17.5 Å². The number of aliphatic hydroxyl groups is 1. The Labute approximate surface area is 178 Å². The summed E-state index contributed by atoms with van der Waals surface area (Å²) < 4.78 is 5.97. The highest BCUT2D eigenvalue weighted by atomic mass is 16.6. The standard InChI is InChI=1S/C25H32O5/c1-6-21(29)30-25(15(3)26)14(2)11-19-18-8-7-16-12-17(27)9-10-23(16,4)22(18)20(28)13-24(19,25)5/h7-10,12,14,18-20,22,28H,6,11,13H2,1-5H3/t14-,18+,19+,20+,22-,23+,24+,25-/m1/s1. The fourth-order valence-electron chi connectivity index (χ4n) is 7.40. The normalized spacial score (nSPS) is 46.5. The Morgan fingerprint density at radius 3 is 2.60 bits per heavy atom. The maximum atomic E-state index is 13.0. The van der Waals surface area contributed by atoms with E-state index in [1.165, 1.54) is 6.92 Å². The summed E-state index contributed by atoms with van der Waals surface area (Å²) in [5.41, 5.74) is -1.38. The first-order valence-electron chi connectivity index (χ1n) is 11.1. The first kappa shape index (κ1) is 21.2. The molecule has 0 unspecified atom stereocenters. The van der Waals surface area contributed by atoms with Crippen molar-refractivity contribution in [2.75, 3.05) is 0 Å². The molecule has 4 aliphatic carbocycles. The Balaban J connectivity index is 1.83. The van der Waals surface area contributed by atoms with Crippen LogP contribution in [0.4, 0.5) is 0 Å². The number of rotatable bonds is 3. The molecule has 5 heteroatoms. The molecule has 8 atom stereocenters. The van der Waals surface area contributed by atoms with E-state index < -0.39 is 22.5 Å². The zero-order valence-corrected chi connectivity index (χ0v) is 18.5. The molecule has 0 aromatic heterocycles. The van der Waals surface area contributed by atoms with Gasteiger partial charge in [-0.05, 0) is 49.3 Å². The number of fused-ring (bicyclic) bond motifs is 5. The van der Waals surface area contributed by atoms with Gasteiger partial charge in [0.05, 0.1) is 6.10 Å². The van der Waals surface area contributed by atoms with E-state index in [1.54, 1.807) is 19.1 Å². The average molecular weight is 413 g/mol. The number of esters is 1. The van der Waals surface area contributed by atoms with Crippen LogP contribution in [0.1, 0.15) is 53.9 Å². The van der Waals surface area contributed by atoms with E-state index in [2.05, 4.69) is 13.0 Å². The van der Waals surface area contributed by atoms with Gasteiger partial charge in [-0.2, -0.15) is 0 Å². The number of aliphatic hydroxyl groups excluding tert-OH is 1. The topological polar surface area (TPSA) is 80.7 Å². The molecule has 5 nitrogen and oxygen atoms in total. The van der Waals surface area contributed by atoms with Crippen LogP contribution in [0.15, 0.2) is 36.0 Å². The molecular formula is C25H32O5. The van der Waals surface area contributed by atoms with Crippen molar-refractivity contribution in [3.8, 4) is 0 Å². The molecule has 2 fully saturated rings. The lowest BCUT2D eigenvalue weighted by molar-refractivity contribution is -0.199. The van der Waals surface area contributed by atoms with Gasteiger partial charge in [0.15, 0.2) is 17.2 Å². The van der Waals surface area contributed by atoms with Crippen molar-refractivity contribution in [3.05, 3.63) is 36.0 Å². The molecule has 0 amide bonds. The summed E-state index contributed by atoms with van der Waals surface area (Å²) >= 11 is 0. The second-order valence-corrected chi connectivity index (χ2v) is 10.1. The lowest BCUT2D eigenvalue weighted by atomic mass is 9.47. The number of ether oxygens (including phenoxy) is 1. The van der Waals surface area contributed by atoms with Gasteiger partial charge in [-0.25, -0.2) is 0 Å². The van der Waals surface area contributed by atoms with Crippen LogP contribution in [0.2, 0.25) is 0 Å². The molecule has 0 aromatic rings. The number of carbonyl (C=O) groups is 3. The fraction of sp³-hybridized carbons (Fsp3) is 0.640. The van der Waals surface area contributed by atoms with E-state index in [9.17, 15) is 19.5 Å². The van der Waals surface area contributed by atoms with Crippen molar-refractivity contribution in [1.29, 1.82) is 0 Å². The van der Waals surface area contributed by atoms with Gasteiger partial charge in [0.2, 0.25) is 0 Å². The third-order valence-electron chi connectivity index (χ3n) is 8.69. The Morgan fingerprint density at radius 2 is 1.97 bits per heavy atom. The lowest BCUT2D eigenvalue weighted by Crippen LogP contribution is -2.62. The Bertz CT molecular complexity index is 897. The predicted molar refractivity (Wildman–Crippen MR) is 112 cm³/mol. The highest BCUT2D eigenvalue weighted by Crippen LogP contribution is 2.68. The summed E-state index contributed by atoms with van der Waals surface area (Å²) in [6.07, 6.45) is 9.98. The minimum atomic E-state index is -1.22. The first-order valence-corrected chi connectivity index (χ1v) is 11.1. The molecule has 30 heavy (non-hydrogen) atoms. The number of Topliss-reactive ketones (excluding diaryl/α,β-unsaturated/α-hetero) is 1. The molecule has 2 saturated carbocycles. The maximum absolute atomic E-state index is 13.0. The monoisotopic (exact) mass is 412 g/mol. The minimum absolute atomic E-state index is 0.0303. The molecule has 0 saturated heterocycles. The van der Waals surface area contributed by atoms with Crippen LogP contribution < -0.4 is 0 Å². The van der Waals surface area contributed by atoms with Crippen LogP contribution in [0, 0.1) is 34.5 Å². The van der Waals surface area contributed by atoms with Crippen LogP contribution in [-0.2, 0) is 19.1 Å². The van der Waals surface area contributed by atoms with Crippen LogP contribution in [0.5, 0.6) is 0 Å². The molecule has 0 bridgehead atoms. The molecular weight excluding hydrogens is 380 g/mol. The van der Waals surface area contributed by atoms with Gasteiger partial charge in [-0.3, -0.25) is 14.4 Å². The van der Waals surface area contributed by atoms with Gasteiger partial charge in [-0.1, -0.05) is 45.9 Å². The maximum Gasteiger partial charge on any atom is 0.306 e. The summed E-state index contributed by atoms with van der Waals surface area (Å²) in [6, 6.07) is 0. The Kier molecular flexibility index (Phi) is 4.77. The first-order chi connectivity index (χ1) is 14.0. The third kappa shape index (κ3) is 2.54. The van der Waals surface area contributed by atoms with E-state index in [0.29, 0.717) is 6.42 Å². The third-order valence-corrected chi connectivity index (χ3v) is 8.69. The smallest absolute Gasteiger partial charge is 0.306 e. The second-order valence-electron chi connectivity index (χ2n) is 10.1. The van der Waals surface area contributed by atoms with Crippen molar-refractivity contribution in [2.45, 2.75) is 65.6 Å². The van der Waals surface area contributed by atoms with Crippen LogP contribution >= 0.6 is 0 Å². The molecule has 162 valence electrons. The SMILES string of the molecule is CCC(=O)O[C@@]1(C(C)=O)[C@H](C)C[C@H]2[C@@H]3C=CC4=CC(=O)C=C[C@]4(C)[C@H]3[C@@H](O)C[C@@]21C. The molecule has 0 aromatic carbocycles. The molecule has 0 heterocycles. The minimum Gasteiger partial charge on any atom is -0.450 e. The second kappa shape index (κ2) is 6.74. The number of carbonyl (C=O) groups excluding carboxylic acids is 3. The van der Waals surface area contributed by atoms with E-state index in [-0.39, 0.29) is 47.6 Å².